The minimum absolute atomic E-state index is 0.205. The molecule has 8 heteroatoms. The number of thioether (sulfide) groups is 1. The topological polar surface area (TPSA) is 73.6 Å². The summed E-state index contributed by atoms with van der Waals surface area (Å²) in [6.07, 6.45) is 0. The summed E-state index contributed by atoms with van der Waals surface area (Å²) < 4.78 is 19.7. The maximum atomic E-state index is 14.4. The summed E-state index contributed by atoms with van der Waals surface area (Å²) in [5, 5.41) is 9.24. The molecular weight excluding hydrogens is 453 g/mol. The number of benzene rings is 3. The van der Waals surface area contributed by atoms with E-state index in [9.17, 15) is 19.2 Å². The molecule has 2 heterocycles. The van der Waals surface area contributed by atoms with Crippen LogP contribution in [-0.4, -0.2) is 36.1 Å². The van der Waals surface area contributed by atoms with Crippen LogP contribution in [0.4, 0.5) is 10.1 Å². The predicted molar refractivity (Wildman–Crippen MR) is 127 cm³/mol. The van der Waals surface area contributed by atoms with Gasteiger partial charge in [-0.3, -0.25) is 9.59 Å². The number of ether oxygens (including phenoxy) is 1. The van der Waals surface area contributed by atoms with Crippen LogP contribution >= 0.6 is 11.8 Å². The fraction of sp³-hybridized carbons (Fsp3) is 0.192. The highest BCUT2D eigenvalue weighted by atomic mass is 32.2. The van der Waals surface area contributed by atoms with Crippen molar-refractivity contribution in [1.82, 2.24) is 4.90 Å². The molecule has 2 aliphatic rings. The van der Waals surface area contributed by atoms with Gasteiger partial charge in [-0.05, 0) is 54.1 Å². The second-order valence-corrected chi connectivity index (χ2v) is 9.33. The van der Waals surface area contributed by atoms with E-state index in [2.05, 4.69) is 6.07 Å². The number of nitrogens with zero attached hydrogens (tertiary/aromatic N) is 3. The first-order valence-electron chi connectivity index (χ1n) is 10.7. The third-order valence-electron chi connectivity index (χ3n) is 6.11. The minimum atomic E-state index is -1.36. The summed E-state index contributed by atoms with van der Waals surface area (Å²) in [6, 6.07) is 20.2. The number of anilines is 1. The monoisotopic (exact) mass is 473 g/mol. The van der Waals surface area contributed by atoms with E-state index < -0.39 is 10.7 Å². The third-order valence-corrected chi connectivity index (χ3v) is 7.53. The smallest absolute Gasteiger partial charge is 0.268 e. The van der Waals surface area contributed by atoms with E-state index in [1.165, 1.54) is 31.0 Å². The van der Waals surface area contributed by atoms with Crippen LogP contribution < -0.4 is 9.64 Å². The average molecular weight is 474 g/mol. The van der Waals surface area contributed by atoms with Crippen LogP contribution in [0, 0.1) is 17.1 Å². The first-order valence-corrected chi connectivity index (χ1v) is 11.7. The zero-order chi connectivity index (χ0) is 23.9. The molecule has 2 amide bonds. The third kappa shape index (κ3) is 3.40. The van der Waals surface area contributed by atoms with E-state index in [0.29, 0.717) is 40.4 Å². The van der Waals surface area contributed by atoms with Gasteiger partial charge in [-0.2, -0.15) is 5.26 Å². The summed E-state index contributed by atoms with van der Waals surface area (Å²) in [5.41, 5.74) is 2.68. The highest BCUT2D eigenvalue weighted by molar-refractivity contribution is 8.01. The Morgan fingerprint density at radius 3 is 2.79 bits per heavy atom. The Morgan fingerprint density at radius 2 is 2.00 bits per heavy atom. The van der Waals surface area contributed by atoms with Crippen LogP contribution in [0.3, 0.4) is 0 Å². The van der Waals surface area contributed by atoms with E-state index in [1.807, 2.05) is 6.07 Å². The molecule has 6 nitrogen and oxygen atoms in total. The van der Waals surface area contributed by atoms with Gasteiger partial charge in [-0.15, -0.1) is 11.8 Å². The Labute approximate surface area is 200 Å². The Balaban J connectivity index is 1.59. The summed E-state index contributed by atoms with van der Waals surface area (Å²) in [5.74, 6) is -0.0136. The number of rotatable bonds is 4. The number of carbonyl (C=O) groups excluding carboxylic acids is 2. The summed E-state index contributed by atoms with van der Waals surface area (Å²) in [4.78, 5) is 29.4. The second kappa shape index (κ2) is 8.50. The van der Waals surface area contributed by atoms with Crippen LogP contribution in [0.25, 0.3) is 0 Å². The van der Waals surface area contributed by atoms with Crippen molar-refractivity contribution in [2.75, 3.05) is 24.3 Å². The molecule has 0 radical (unpaired) electrons. The molecule has 5 rings (SSSR count). The normalized spacial score (nSPS) is 18.8. The van der Waals surface area contributed by atoms with Crippen LogP contribution in [-0.2, 0) is 16.2 Å². The zero-order valence-electron chi connectivity index (χ0n) is 18.3. The van der Waals surface area contributed by atoms with Crippen LogP contribution in [0.5, 0.6) is 5.75 Å². The molecule has 0 bridgehead atoms. The van der Waals surface area contributed by atoms with Crippen molar-refractivity contribution in [3.63, 3.8) is 0 Å². The highest BCUT2D eigenvalue weighted by Crippen LogP contribution is 2.55. The molecule has 0 N–H and O–H groups in total. The Kier molecular flexibility index (Phi) is 5.50. The van der Waals surface area contributed by atoms with Gasteiger partial charge in [0.15, 0.2) is 4.87 Å². The number of carbonyl (C=O) groups is 2. The molecule has 0 saturated carbocycles. The summed E-state index contributed by atoms with van der Waals surface area (Å²) in [6.45, 7) is 0.552. The van der Waals surface area contributed by atoms with Crippen LogP contribution in [0.1, 0.15) is 27.0 Å². The van der Waals surface area contributed by atoms with E-state index in [0.717, 1.165) is 5.56 Å². The second-order valence-electron chi connectivity index (χ2n) is 8.05. The molecule has 1 fully saturated rings. The fourth-order valence-corrected chi connectivity index (χ4v) is 6.03. The van der Waals surface area contributed by atoms with Crippen molar-refractivity contribution >= 4 is 29.3 Å². The molecule has 170 valence electrons. The molecule has 1 atom stereocenters. The van der Waals surface area contributed by atoms with Gasteiger partial charge < -0.3 is 14.5 Å². The summed E-state index contributed by atoms with van der Waals surface area (Å²) >= 11 is 1.34. The lowest BCUT2D eigenvalue weighted by molar-refractivity contribution is -0.123. The number of hydrogen-bond acceptors (Lipinski definition) is 5. The van der Waals surface area contributed by atoms with Gasteiger partial charge in [-0.1, -0.05) is 18.2 Å². The zero-order valence-corrected chi connectivity index (χ0v) is 19.1. The Hall–Kier alpha value is -3.83. The van der Waals surface area contributed by atoms with Gasteiger partial charge >= 0.3 is 0 Å². The van der Waals surface area contributed by atoms with Gasteiger partial charge in [0, 0.05) is 23.4 Å². The van der Waals surface area contributed by atoms with Gasteiger partial charge in [-0.25, -0.2) is 4.39 Å². The van der Waals surface area contributed by atoms with E-state index >= 15 is 0 Å². The SMILES string of the molecule is COc1cccc(C(=O)N2CCSC23C(=O)N(Cc2cccc(C#N)c2)c2ccc(F)cc23)c1. The highest BCUT2D eigenvalue weighted by Gasteiger charge is 2.59. The molecule has 0 aromatic heterocycles. The molecule has 3 aromatic rings. The number of fused-ring (bicyclic) bond motifs is 2. The number of hydrogen-bond donors (Lipinski definition) is 0. The lowest BCUT2D eigenvalue weighted by atomic mass is 10.0. The van der Waals surface area contributed by atoms with Crippen LogP contribution in [0.15, 0.2) is 66.7 Å². The maximum absolute atomic E-state index is 14.4. The van der Waals surface area contributed by atoms with E-state index in [4.69, 9.17) is 4.74 Å². The number of methoxy groups -OCH3 is 1. The summed E-state index contributed by atoms with van der Waals surface area (Å²) in [7, 11) is 1.52. The first kappa shape index (κ1) is 22.0. The Morgan fingerprint density at radius 1 is 1.18 bits per heavy atom. The van der Waals surface area contributed by atoms with Crippen molar-refractivity contribution in [2.45, 2.75) is 11.4 Å². The van der Waals surface area contributed by atoms with Crippen molar-refractivity contribution in [1.29, 1.82) is 5.26 Å². The molecule has 0 aliphatic carbocycles. The van der Waals surface area contributed by atoms with Gasteiger partial charge in [0.05, 0.1) is 31.0 Å². The Bertz CT molecular complexity index is 1360. The van der Waals surface area contributed by atoms with E-state index in [-0.39, 0.29) is 18.4 Å². The standard InChI is InChI=1S/C26H20FN3O3S/c1-33-21-7-3-6-19(13-21)24(31)30-10-11-34-26(30)22-14-20(27)8-9-23(22)29(25(26)32)16-18-5-2-4-17(12-18)15-28/h2-9,12-14H,10-11,16H2,1H3. The molecule has 1 spiro atoms. The molecule has 2 aliphatic heterocycles. The largest absolute Gasteiger partial charge is 0.497 e. The lowest BCUT2D eigenvalue weighted by Crippen LogP contribution is -2.50. The first-order chi connectivity index (χ1) is 16.5. The van der Waals surface area contributed by atoms with Crippen LogP contribution in [0.2, 0.25) is 0 Å². The molecular formula is C26H20FN3O3S. The maximum Gasteiger partial charge on any atom is 0.268 e. The molecule has 3 aromatic carbocycles. The average Bonchev–Trinajstić information content (AvgIpc) is 3.40. The van der Waals surface area contributed by atoms with Crippen molar-refractivity contribution in [3.8, 4) is 11.8 Å². The number of halogens is 1. The fourth-order valence-electron chi connectivity index (χ4n) is 4.58. The number of amides is 2. The van der Waals surface area contributed by atoms with Crippen molar-refractivity contribution < 1.29 is 18.7 Å². The van der Waals surface area contributed by atoms with Gasteiger partial charge in [0.1, 0.15) is 11.6 Å². The van der Waals surface area contributed by atoms with Crippen molar-refractivity contribution in [3.05, 3.63) is 94.8 Å². The predicted octanol–water partition coefficient (Wildman–Crippen LogP) is 4.29. The van der Waals surface area contributed by atoms with Gasteiger partial charge in [0.25, 0.3) is 11.8 Å². The van der Waals surface area contributed by atoms with Gasteiger partial charge in [0.2, 0.25) is 0 Å². The van der Waals surface area contributed by atoms with E-state index in [1.54, 1.807) is 58.3 Å². The molecule has 1 unspecified atom stereocenters. The lowest BCUT2D eigenvalue weighted by Gasteiger charge is -2.33. The quantitative estimate of drug-likeness (QED) is 0.565. The molecule has 1 saturated heterocycles. The van der Waals surface area contributed by atoms with Crippen molar-refractivity contribution in [2.24, 2.45) is 0 Å². The number of nitriles is 1. The minimum Gasteiger partial charge on any atom is -0.497 e. The molecule has 34 heavy (non-hydrogen) atoms.